The highest BCUT2D eigenvalue weighted by Gasteiger charge is 2.31. The molecule has 0 bridgehead atoms. The molecule has 1 atom stereocenters. The van der Waals surface area contributed by atoms with Crippen LogP contribution in [0.3, 0.4) is 0 Å². The van der Waals surface area contributed by atoms with Crippen molar-refractivity contribution < 1.29 is 17.9 Å². The molecule has 0 amide bonds. The molecule has 0 aliphatic carbocycles. The van der Waals surface area contributed by atoms with Crippen molar-refractivity contribution in [3.8, 4) is 11.5 Å². The first-order chi connectivity index (χ1) is 9.50. The Bertz CT molecular complexity index is 574. The average Bonchev–Trinajstić information content (AvgIpc) is 2.46. The van der Waals surface area contributed by atoms with Crippen LogP contribution in [0.25, 0.3) is 0 Å². The highest BCUT2D eigenvalue weighted by atomic mass is 32.2. The van der Waals surface area contributed by atoms with Gasteiger partial charge in [0.15, 0.2) is 11.5 Å². The SMILES string of the molecule is COc1ccc(S(=O)(=O)N2CCNCC2C)cc1OC. The summed E-state index contributed by atoms with van der Waals surface area (Å²) >= 11 is 0. The molecule has 1 aromatic rings. The van der Waals surface area contributed by atoms with E-state index in [-0.39, 0.29) is 10.9 Å². The van der Waals surface area contributed by atoms with Crippen molar-refractivity contribution >= 4 is 10.0 Å². The van der Waals surface area contributed by atoms with Crippen LogP contribution in [0.2, 0.25) is 0 Å². The number of sulfonamides is 1. The maximum Gasteiger partial charge on any atom is 0.243 e. The standard InChI is InChI=1S/C13H20N2O4S/c1-10-9-14-6-7-15(10)20(16,17)11-4-5-12(18-2)13(8-11)19-3/h4-5,8,10,14H,6-7,9H2,1-3H3. The first-order valence-corrected chi connectivity index (χ1v) is 7.89. The van der Waals surface area contributed by atoms with E-state index in [1.165, 1.54) is 24.6 Å². The molecule has 1 unspecified atom stereocenters. The van der Waals surface area contributed by atoms with Gasteiger partial charge in [0.1, 0.15) is 0 Å². The average molecular weight is 300 g/mol. The summed E-state index contributed by atoms with van der Waals surface area (Å²) in [5, 5.41) is 3.18. The van der Waals surface area contributed by atoms with Gasteiger partial charge in [-0.15, -0.1) is 0 Å². The molecule has 1 fully saturated rings. The summed E-state index contributed by atoms with van der Waals surface area (Å²) in [7, 11) is -0.505. The Hall–Kier alpha value is -1.31. The van der Waals surface area contributed by atoms with Crippen molar-refractivity contribution in [2.75, 3.05) is 33.9 Å². The zero-order chi connectivity index (χ0) is 14.8. The molecule has 1 saturated heterocycles. The Morgan fingerprint density at radius 1 is 1.25 bits per heavy atom. The lowest BCUT2D eigenvalue weighted by molar-refractivity contribution is 0.283. The van der Waals surface area contributed by atoms with Gasteiger partial charge in [-0.3, -0.25) is 0 Å². The Labute approximate surface area is 119 Å². The minimum Gasteiger partial charge on any atom is -0.493 e. The van der Waals surface area contributed by atoms with Gasteiger partial charge in [-0.2, -0.15) is 4.31 Å². The van der Waals surface area contributed by atoms with Crippen LogP contribution in [0.4, 0.5) is 0 Å². The summed E-state index contributed by atoms with van der Waals surface area (Å²) < 4.78 is 37.1. The van der Waals surface area contributed by atoms with Crippen LogP contribution in [0.5, 0.6) is 11.5 Å². The molecule has 7 heteroatoms. The molecule has 112 valence electrons. The third-order valence-electron chi connectivity index (χ3n) is 3.40. The second-order valence-electron chi connectivity index (χ2n) is 4.69. The quantitative estimate of drug-likeness (QED) is 0.886. The van der Waals surface area contributed by atoms with Crippen LogP contribution in [-0.4, -0.2) is 52.6 Å². The van der Waals surface area contributed by atoms with E-state index in [2.05, 4.69) is 5.32 Å². The number of hydrogen-bond donors (Lipinski definition) is 1. The van der Waals surface area contributed by atoms with E-state index >= 15 is 0 Å². The molecule has 1 aromatic carbocycles. The smallest absolute Gasteiger partial charge is 0.243 e. The lowest BCUT2D eigenvalue weighted by Crippen LogP contribution is -2.52. The van der Waals surface area contributed by atoms with Crippen molar-refractivity contribution in [1.82, 2.24) is 9.62 Å². The largest absolute Gasteiger partial charge is 0.493 e. The van der Waals surface area contributed by atoms with Crippen LogP contribution in [0.15, 0.2) is 23.1 Å². The highest BCUT2D eigenvalue weighted by Crippen LogP contribution is 2.31. The van der Waals surface area contributed by atoms with Gasteiger partial charge in [-0.25, -0.2) is 8.42 Å². The maximum absolute atomic E-state index is 12.7. The number of piperazine rings is 1. The summed E-state index contributed by atoms with van der Waals surface area (Å²) in [6.45, 7) is 3.69. The Morgan fingerprint density at radius 3 is 2.55 bits per heavy atom. The molecular formula is C13H20N2O4S. The zero-order valence-electron chi connectivity index (χ0n) is 11.9. The summed E-state index contributed by atoms with van der Waals surface area (Å²) in [5.74, 6) is 0.927. The number of nitrogens with one attached hydrogen (secondary N) is 1. The van der Waals surface area contributed by atoms with Gasteiger partial charge in [0.2, 0.25) is 10.0 Å². The second kappa shape index (κ2) is 5.99. The van der Waals surface area contributed by atoms with Gasteiger partial charge >= 0.3 is 0 Å². The monoisotopic (exact) mass is 300 g/mol. The van der Waals surface area contributed by atoms with E-state index in [4.69, 9.17) is 9.47 Å². The number of benzene rings is 1. The predicted octanol–water partition coefficient (Wildman–Crippen LogP) is 0.686. The number of nitrogens with zero attached hydrogens (tertiary/aromatic N) is 1. The van der Waals surface area contributed by atoms with Crippen LogP contribution in [0.1, 0.15) is 6.92 Å². The van der Waals surface area contributed by atoms with Crippen molar-refractivity contribution in [1.29, 1.82) is 0 Å². The van der Waals surface area contributed by atoms with Crippen LogP contribution in [0, 0.1) is 0 Å². The van der Waals surface area contributed by atoms with Gasteiger partial charge in [-0.1, -0.05) is 0 Å². The zero-order valence-corrected chi connectivity index (χ0v) is 12.7. The van der Waals surface area contributed by atoms with E-state index in [1.54, 1.807) is 12.1 Å². The van der Waals surface area contributed by atoms with Crippen LogP contribution < -0.4 is 14.8 Å². The van der Waals surface area contributed by atoms with Crippen molar-refractivity contribution in [2.45, 2.75) is 17.9 Å². The van der Waals surface area contributed by atoms with Crippen molar-refractivity contribution in [3.05, 3.63) is 18.2 Å². The lowest BCUT2D eigenvalue weighted by atomic mass is 10.3. The topological polar surface area (TPSA) is 67.9 Å². The van der Waals surface area contributed by atoms with E-state index < -0.39 is 10.0 Å². The van der Waals surface area contributed by atoms with E-state index in [1.807, 2.05) is 6.92 Å². The first kappa shape index (κ1) is 15.1. The normalized spacial score (nSPS) is 20.6. The molecule has 0 aromatic heterocycles. The molecule has 0 radical (unpaired) electrons. The Morgan fingerprint density at radius 2 is 1.95 bits per heavy atom. The van der Waals surface area contributed by atoms with E-state index in [0.717, 1.165) is 0 Å². The third-order valence-corrected chi connectivity index (χ3v) is 5.41. The van der Waals surface area contributed by atoms with Gasteiger partial charge in [0, 0.05) is 31.7 Å². The molecule has 0 saturated carbocycles. The van der Waals surface area contributed by atoms with Gasteiger partial charge < -0.3 is 14.8 Å². The number of rotatable bonds is 4. The third kappa shape index (κ3) is 2.74. The fourth-order valence-corrected chi connectivity index (χ4v) is 3.94. The maximum atomic E-state index is 12.7. The number of methoxy groups -OCH3 is 2. The minimum atomic E-state index is -3.51. The fraction of sp³-hybridized carbons (Fsp3) is 0.538. The first-order valence-electron chi connectivity index (χ1n) is 6.45. The van der Waals surface area contributed by atoms with Gasteiger partial charge in [0.25, 0.3) is 0 Å². The Kier molecular flexibility index (Phi) is 4.52. The fourth-order valence-electron chi connectivity index (χ4n) is 2.29. The van der Waals surface area contributed by atoms with Crippen molar-refractivity contribution in [2.24, 2.45) is 0 Å². The minimum absolute atomic E-state index is 0.0677. The Balaban J connectivity index is 2.38. The molecule has 20 heavy (non-hydrogen) atoms. The van der Waals surface area contributed by atoms with E-state index in [0.29, 0.717) is 31.1 Å². The summed E-state index contributed by atoms with van der Waals surface area (Å²) in [6, 6.07) is 4.59. The second-order valence-corrected chi connectivity index (χ2v) is 6.58. The molecular weight excluding hydrogens is 280 g/mol. The molecule has 1 aliphatic heterocycles. The van der Waals surface area contributed by atoms with Crippen LogP contribution >= 0.6 is 0 Å². The molecule has 2 rings (SSSR count). The van der Waals surface area contributed by atoms with E-state index in [9.17, 15) is 8.42 Å². The number of hydrogen-bond acceptors (Lipinski definition) is 5. The van der Waals surface area contributed by atoms with Crippen LogP contribution in [-0.2, 0) is 10.0 Å². The molecule has 6 nitrogen and oxygen atoms in total. The molecule has 1 aliphatic rings. The highest BCUT2D eigenvalue weighted by molar-refractivity contribution is 7.89. The molecule has 0 spiro atoms. The molecule has 1 N–H and O–H groups in total. The predicted molar refractivity (Wildman–Crippen MR) is 75.8 cm³/mol. The number of ether oxygens (including phenoxy) is 2. The van der Waals surface area contributed by atoms with Crippen molar-refractivity contribution in [3.63, 3.8) is 0 Å². The summed E-state index contributed by atoms with van der Waals surface area (Å²) in [6.07, 6.45) is 0. The molecule has 1 heterocycles. The lowest BCUT2D eigenvalue weighted by Gasteiger charge is -2.32. The van der Waals surface area contributed by atoms with Gasteiger partial charge in [-0.05, 0) is 19.1 Å². The van der Waals surface area contributed by atoms with Gasteiger partial charge in [0.05, 0.1) is 19.1 Å². The summed E-state index contributed by atoms with van der Waals surface area (Å²) in [4.78, 5) is 0.226. The summed E-state index contributed by atoms with van der Waals surface area (Å²) in [5.41, 5.74) is 0.